The lowest BCUT2D eigenvalue weighted by Gasteiger charge is -2.10. The average molecular weight is 349 g/mol. The number of carbonyl (C=O) groups excluding carboxylic acids is 1. The molecule has 1 heterocycles. The van der Waals surface area contributed by atoms with Crippen LogP contribution >= 0.6 is 22.9 Å². The van der Waals surface area contributed by atoms with Crippen molar-refractivity contribution in [3.8, 4) is 0 Å². The summed E-state index contributed by atoms with van der Waals surface area (Å²) in [4.78, 5) is 26.0. The maximum absolute atomic E-state index is 11.5. The number of pyridine rings is 1. The van der Waals surface area contributed by atoms with E-state index in [2.05, 4.69) is 13.8 Å². The minimum atomic E-state index is -1.04. The van der Waals surface area contributed by atoms with E-state index in [1.165, 1.54) is 0 Å². The Bertz CT molecular complexity index is 386. The van der Waals surface area contributed by atoms with Gasteiger partial charge in [-0.2, -0.15) is 0 Å². The van der Waals surface area contributed by atoms with E-state index < -0.39 is 12.0 Å². The van der Waals surface area contributed by atoms with Crippen molar-refractivity contribution in [3.05, 3.63) is 30.1 Å². The summed E-state index contributed by atoms with van der Waals surface area (Å²) in [6.07, 6.45) is 3.17. The fraction of sp³-hybridized carbons (Fsp3) is 0.300. The Morgan fingerprint density at radius 1 is 1.41 bits per heavy atom. The molecule has 1 aromatic rings. The van der Waals surface area contributed by atoms with Gasteiger partial charge in [0.25, 0.3) is 0 Å². The molecule has 0 bridgehead atoms. The van der Waals surface area contributed by atoms with Crippen molar-refractivity contribution < 1.29 is 14.7 Å². The molecule has 0 aliphatic carbocycles. The Morgan fingerprint density at radius 3 is 2.59 bits per heavy atom. The SMILES string of the molecule is O=C(CC(NI)C(=O)O)NCc1ccncc1. The van der Waals surface area contributed by atoms with Crippen molar-refractivity contribution in [2.24, 2.45) is 0 Å². The van der Waals surface area contributed by atoms with E-state index in [0.717, 1.165) is 5.56 Å². The number of halogens is 1. The molecule has 0 radical (unpaired) electrons. The summed E-state index contributed by atoms with van der Waals surface area (Å²) in [5, 5.41) is 11.4. The maximum atomic E-state index is 11.5. The molecule has 17 heavy (non-hydrogen) atoms. The lowest BCUT2D eigenvalue weighted by Crippen LogP contribution is -2.36. The van der Waals surface area contributed by atoms with Gasteiger partial charge in [0, 0.05) is 41.8 Å². The summed E-state index contributed by atoms with van der Waals surface area (Å²) in [7, 11) is 0. The summed E-state index contributed by atoms with van der Waals surface area (Å²) in [5.41, 5.74) is 0.919. The molecule has 1 amide bonds. The molecule has 0 aliphatic rings. The van der Waals surface area contributed by atoms with Crippen molar-refractivity contribution in [3.63, 3.8) is 0 Å². The molecular weight excluding hydrogens is 337 g/mol. The summed E-state index contributed by atoms with van der Waals surface area (Å²) < 4.78 is 2.53. The fourth-order valence-electron chi connectivity index (χ4n) is 1.13. The van der Waals surface area contributed by atoms with Crippen molar-refractivity contribution >= 4 is 34.7 Å². The normalized spacial score (nSPS) is 11.8. The van der Waals surface area contributed by atoms with Crippen LogP contribution in [0.3, 0.4) is 0 Å². The van der Waals surface area contributed by atoms with Crippen LogP contribution in [0.25, 0.3) is 0 Å². The molecule has 1 aromatic heterocycles. The van der Waals surface area contributed by atoms with Gasteiger partial charge in [-0.3, -0.25) is 14.6 Å². The molecule has 0 saturated carbocycles. The molecular formula is C10H12IN3O3. The highest BCUT2D eigenvalue weighted by molar-refractivity contribution is 14.1. The standard InChI is InChI=1S/C10H12IN3O3/c11-14-8(10(16)17)5-9(15)13-6-7-1-3-12-4-2-7/h1-4,8,14H,5-6H2,(H,13,15)(H,16,17). The summed E-state index contributed by atoms with van der Waals surface area (Å²) in [5.74, 6) is -1.35. The first-order valence-corrected chi connectivity index (χ1v) is 5.96. The Balaban J connectivity index is 2.37. The Morgan fingerprint density at radius 2 is 2.06 bits per heavy atom. The second kappa shape index (κ2) is 7.17. The third-order valence-electron chi connectivity index (χ3n) is 2.06. The highest BCUT2D eigenvalue weighted by Gasteiger charge is 2.19. The zero-order valence-corrected chi connectivity index (χ0v) is 11.0. The molecule has 92 valence electrons. The molecule has 1 rings (SSSR count). The molecule has 0 fully saturated rings. The smallest absolute Gasteiger partial charge is 0.321 e. The van der Waals surface area contributed by atoms with Crippen molar-refractivity contribution in [2.45, 2.75) is 19.0 Å². The molecule has 1 atom stereocenters. The number of nitrogens with zero attached hydrogens (tertiary/aromatic N) is 1. The average Bonchev–Trinajstić information content (AvgIpc) is 2.34. The summed E-state index contributed by atoms with van der Waals surface area (Å²) in [6.45, 7) is 0.370. The number of hydrogen-bond donors (Lipinski definition) is 3. The van der Waals surface area contributed by atoms with Gasteiger partial charge in [0.2, 0.25) is 5.91 Å². The van der Waals surface area contributed by atoms with Gasteiger partial charge in [-0.1, -0.05) is 0 Å². The summed E-state index contributed by atoms with van der Waals surface area (Å²) >= 11 is 1.72. The third kappa shape index (κ3) is 5.09. The van der Waals surface area contributed by atoms with E-state index >= 15 is 0 Å². The van der Waals surface area contributed by atoms with Gasteiger partial charge in [-0.15, -0.1) is 0 Å². The number of carbonyl (C=O) groups is 2. The van der Waals surface area contributed by atoms with E-state index in [1.54, 1.807) is 47.4 Å². The summed E-state index contributed by atoms with van der Waals surface area (Å²) in [6, 6.07) is 2.70. The number of carboxylic acid groups (broad SMARTS) is 1. The Hall–Kier alpha value is -1.22. The number of aliphatic carboxylic acids is 1. The van der Waals surface area contributed by atoms with E-state index in [9.17, 15) is 9.59 Å². The molecule has 1 unspecified atom stereocenters. The first-order chi connectivity index (χ1) is 8.13. The van der Waals surface area contributed by atoms with Gasteiger partial charge < -0.3 is 10.4 Å². The third-order valence-corrected chi connectivity index (χ3v) is 2.81. The van der Waals surface area contributed by atoms with Crippen molar-refractivity contribution in [2.75, 3.05) is 0 Å². The van der Waals surface area contributed by atoms with E-state index in [1.807, 2.05) is 0 Å². The van der Waals surface area contributed by atoms with E-state index in [-0.39, 0.29) is 12.3 Å². The lowest BCUT2D eigenvalue weighted by atomic mass is 10.2. The largest absolute Gasteiger partial charge is 0.480 e. The van der Waals surface area contributed by atoms with Crippen molar-refractivity contribution in [1.82, 2.24) is 13.8 Å². The van der Waals surface area contributed by atoms with Crippen LogP contribution in [0, 0.1) is 0 Å². The maximum Gasteiger partial charge on any atom is 0.321 e. The number of carboxylic acids is 1. The molecule has 0 spiro atoms. The topological polar surface area (TPSA) is 91.3 Å². The zero-order chi connectivity index (χ0) is 12.7. The lowest BCUT2D eigenvalue weighted by molar-refractivity contribution is -0.140. The molecule has 6 nitrogen and oxygen atoms in total. The molecule has 0 aliphatic heterocycles. The number of nitrogens with one attached hydrogen (secondary N) is 2. The van der Waals surface area contributed by atoms with Crippen LogP contribution in [-0.4, -0.2) is 28.0 Å². The molecule has 7 heteroatoms. The Labute approximate surface area is 112 Å². The van der Waals surface area contributed by atoms with Crippen LogP contribution in [0.5, 0.6) is 0 Å². The van der Waals surface area contributed by atoms with Crippen molar-refractivity contribution in [1.29, 1.82) is 0 Å². The first-order valence-electron chi connectivity index (χ1n) is 4.88. The quantitative estimate of drug-likeness (QED) is 0.513. The van der Waals surface area contributed by atoms with Gasteiger partial charge >= 0.3 is 5.97 Å². The highest BCUT2D eigenvalue weighted by Crippen LogP contribution is 1.98. The molecule has 0 aromatic carbocycles. The monoisotopic (exact) mass is 349 g/mol. The highest BCUT2D eigenvalue weighted by atomic mass is 127. The number of hydrogen-bond acceptors (Lipinski definition) is 4. The van der Waals surface area contributed by atoms with Crippen LogP contribution in [0.1, 0.15) is 12.0 Å². The van der Waals surface area contributed by atoms with Gasteiger partial charge in [0.05, 0.1) is 6.42 Å². The van der Waals surface area contributed by atoms with Crippen LogP contribution in [0.2, 0.25) is 0 Å². The van der Waals surface area contributed by atoms with E-state index in [4.69, 9.17) is 5.11 Å². The van der Waals surface area contributed by atoms with Gasteiger partial charge in [0.1, 0.15) is 6.04 Å². The Kier molecular flexibility index (Phi) is 5.84. The molecule has 3 N–H and O–H groups in total. The second-order valence-electron chi connectivity index (χ2n) is 3.34. The second-order valence-corrected chi connectivity index (χ2v) is 3.96. The van der Waals surface area contributed by atoms with E-state index in [0.29, 0.717) is 6.54 Å². The van der Waals surface area contributed by atoms with Crippen LogP contribution in [0.15, 0.2) is 24.5 Å². The number of amides is 1. The van der Waals surface area contributed by atoms with Crippen LogP contribution in [0.4, 0.5) is 0 Å². The van der Waals surface area contributed by atoms with Gasteiger partial charge in [-0.25, -0.2) is 3.53 Å². The van der Waals surface area contributed by atoms with Gasteiger partial charge in [-0.05, 0) is 17.7 Å². The van der Waals surface area contributed by atoms with Crippen LogP contribution < -0.4 is 8.85 Å². The predicted molar refractivity (Wildman–Crippen MR) is 69.3 cm³/mol. The van der Waals surface area contributed by atoms with Crippen LogP contribution in [-0.2, 0) is 16.1 Å². The first kappa shape index (κ1) is 13.8. The number of aromatic nitrogens is 1. The minimum absolute atomic E-state index is 0.0939. The predicted octanol–water partition coefficient (Wildman–Crippen LogP) is 0.481. The fourth-order valence-corrected chi connectivity index (χ4v) is 1.62. The van der Waals surface area contributed by atoms with Gasteiger partial charge in [0.15, 0.2) is 0 Å². The minimum Gasteiger partial charge on any atom is -0.480 e. The number of rotatable bonds is 6. The zero-order valence-electron chi connectivity index (χ0n) is 8.89. The molecule has 0 saturated heterocycles.